The van der Waals surface area contributed by atoms with Gasteiger partial charge in [-0.3, -0.25) is 14.7 Å². The van der Waals surface area contributed by atoms with Crippen LogP contribution in [0.1, 0.15) is 50.1 Å². The van der Waals surface area contributed by atoms with Crippen molar-refractivity contribution in [2.75, 3.05) is 14.1 Å². The standard InChI is InChI=1S/C14H25N5O2/c1-6-7-11-16-12(18-17-11)13(20)15-10(8-9(2)3)14(21)19(4)5/h9-10H,6-8H2,1-5H3,(H,15,20)(H,16,17,18). The number of hydrogen-bond donors (Lipinski definition) is 2. The van der Waals surface area contributed by atoms with Crippen LogP contribution in [0.2, 0.25) is 0 Å². The smallest absolute Gasteiger partial charge is 0.291 e. The van der Waals surface area contributed by atoms with Gasteiger partial charge in [0.15, 0.2) is 0 Å². The molecule has 0 aliphatic heterocycles. The van der Waals surface area contributed by atoms with Gasteiger partial charge in [-0.1, -0.05) is 20.8 Å². The predicted octanol–water partition coefficient (Wildman–Crippen LogP) is 0.990. The van der Waals surface area contributed by atoms with Crippen LogP contribution in [0.25, 0.3) is 0 Å². The Balaban J connectivity index is 2.76. The molecule has 0 saturated heterocycles. The van der Waals surface area contributed by atoms with Crippen molar-refractivity contribution in [2.45, 2.75) is 46.1 Å². The minimum absolute atomic E-state index is 0.0822. The van der Waals surface area contributed by atoms with Crippen LogP contribution in [-0.2, 0) is 11.2 Å². The lowest BCUT2D eigenvalue weighted by molar-refractivity contribution is -0.131. The Hall–Kier alpha value is -1.92. The summed E-state index contributed by atoms with van der Waals surface area (Å²) in [5.41, 5.74) is 0. The van der Waals surface area contributed by atoms with Crippen LogP contribution in [0.4, 0.5) is 0 Å². The molecule has 0 fully saturated rings. The molecule has 21 heavy (non-hydrogen) atoms. The second-order valence-corrected chi connectivity index (χ2v) is 5.74. The molecule has 1 unspecified atom stereocenters. The molecule has 7 nitrogen and oxygen atoms in total. The van der Waals surface area contributed by atoms with Gasteiger partial charge in [-0.05, 0) is 18.8 Å². The zero-order chi connectivity index (χ0) is 16.0. The van der Waals surface area contributed by atoms with Gasteiger partial charge in [0.1, 0.15) is 11.9 Å². The number of aryl methyl sites for hydroxylation is 1. The molecule has 1 aromatic heterocycles. The molecule has 0 spiro atoms. The van der Waals surface area contributed by atoms with E-state index in [-0.39, 0.29) is 11.7 Å². The van der Waals surface area contributed by atoms with Gasteiger partial charge in [0.05, 0.1) is 0 Å². The van der Waals surface area contributed by atoms with Crippen LogP contribution in [0.3, 0.4) is 0 Å². The third-order valence-electron chi connectivity index (χ3n) is 2.97. The highest BCUT2D eigenvalue weighted by Gasteiger charge is 2.25. The summed E-state index contributed by atoms with van der Waals surface area (Å²) in [5.74, 6) is 0.513. The van der Waals surface area contributed by atoms with Crippen molar-refractivity contribution in [3.05, 3.63) is 11.6 Å². The predicted molar refractivity (Wildman–Crippen MR) is 79.8 cm³/mol. The molecular formula is C14H25N5O2. The third-order valence-corrected chi connectivity index (χ3v) is 2.97. The van der Waals surface area contributed by atoms with Crippen LogP contribution in [0, 0.1) is 5.92 Å². The first-order valence-corrected chi connectivity index (χ1v) is 7.28. The Bertz CT molecular complexity index is 481. The summed E-state index contributed by atoms with van der Waals surface area (Å²) in [5, 5.41) is 9.36. The molecule has 0 saturated carbocycles. The summed E-state index contributed by atoms with van der Waals surface area (Å²) in [4.78, 5) is 29.9. The van der Waals surface area contributed by atoms with Crippen molar-refractivity contribution in [1.29, 1.82) is 0 Å². The van der Waals surface area contributed by atoms with Crippen LogP contribution in [0.5, 0.6) is 0 Å². The molecule has 1 heterocycles. The third kappa shape index (κ3) is 5.17. The van der Waals surface area contributed by atoms with E-state index in [1.807, 2.05) is 20.8 Å². The molecule has 0 aliphatic carbocycles. The fraction of sp³-hybridized carbons (Fsp3) is 0.714. The minimum atomic E-state index is -0.555. The molecule has 0 radical (unpaired) electrons. The lowest BCUT2D eigenvalue weighted by Crippen LogP contribution is -2.47. The van der Waals surface area contributed by atoms with Crippen LogP contribution in [-0.4, -0.2) is 52.0 Å². The summed E-state index contributed by atoms with van der Waals surface area (Å²) in [7, 11) is 3.35. The first-order valence-electron chi connectivity index (χ1n) is 7.28. The van der Waals surface area contributed by atoms with E-state index in [4.69, 9.17) is 0 Å². The van der Waals surface area contributed by atoms with E-state index in [9.17, 15) is 9.59 Å². The van der Waals surface area contributed by atoms with E-state index >= 15 is 0 Å². The number of nitrogens with zero attached hydrogens (tertiary/aromatic N) is 3. The van der Waals surface area contributed by atoms with Crippen LogP contribution >= 0.6 is 0 Å². The average Bonchev–Trinajstić information content (AvgIpc) is 2.85. The molecule has 0 aromatic carbocycles. The monoisotopic (exact) mass is 295 g/mol. The Labute approximate surface area is 125 Å². The van der Waals surface area contributed by atoms with Gasteiger partial charge in [0, 0.05) is 20.5 Å². The first-order chi connectivity index (χ1) is 9.85. The number of amides is 2. The summed E-state index contributed by atoms with van der Waals surface area (Å²) < 4.78 is 0. The highest BCUT2D eigenvalue weighted by atomic mass is 16.2. The van der Waals surface area contributed by atoms with Gasteiger partial charge >= 0.3 is 0 Å². The van der Waals surface area contributed by atoms with Gasteiger partial charge in [0.25, 0.3) is 5.91 Å². The summed E-state index contributed by atoms with van der Waals surface area (Å²) >= 11 is 0. The van der Waals surface area contributed by atoms with E-state index in [1.165, 1.54) is 4.90 Å². The molecule has 118 valence electrons. The largest absolute Gasteiger partial charge is 0.347 e. The number of rotatable bonds is 7. The van der Waals surface area contributed by atoms with Crippen molar-refractivity contribution in [3.63, 3.8) is 0 Å². The lowest BCUT2D eigenvalue weighted by Gasteiger charge is -2.22. The van der Waals surface area contributed by atoms with Crippen LogP contribution < -0.4 is 5.32 Å². The average molecular weight is 295 g/mol. The molecule has 7 heteroatoms. The van der Waals surface area contributed by atoms with Gasteiger partial charge < -0.3 is 10.2 Å². The van der Waals surface area contributed by atoms with Crippen molar-refractivity contribution in [2.24, 2.45) is 5.92 Å². The van der Waals surface area contributed by atoms with Gasteiger partial charge in [0.2, 0.25) is 11.7 Å². The van der Waals surface area contributed by atoms with Crippen molar-refractivity contribution in [3.8, 4) is 0 Å². The Morgan fingerprint density at radius 1 is 1.33 bits per heavy atom. The van der Waals surface area contributed by atoms with E-state index in [0.717, 1.165) is 12.8 Å². The Morgan fingerprint density at radius 2 is 2.00 bits per heavy atom. The fourth-order valence-electron chi connectivity index (χ4n) is 1.97. The highest BCUT2D eigenvalue weighted by Crippen LogP contribution is 2.08. The first kappa shape index (κ1) is 17.1. The number of carbonyl (C=O) groups excluding carboxylic acids is 2. The molecule has 1 rings (SSSR count). The number of H-pyrrole nitrogens is 1. The molecule has 1 aromatic rings. The van der Waals surface area contributed by atoms with Crippen molar-refractivity contribution in [1.82, 2.24) is 25.4 Å². The van der Waals surface area contributed by atoms with Crippen LogP contribution in [0.15, 0.2) is 0 Å². The maximum atomic E-state index is 12.2. The van der Waals surface area contributed by atoms with Gasteiger partial charge in [-0.15, -0.1) is 5.10 Å². The second-order valence-electron chi connectivity index (χ2n) is 5.74. The normalized spacial score (nSPS) is 12.3. The number of aromatic nitrogens is 3. The SMILES string of the molecule is CCCc1nc(C(=O)NC(CC(C)C)C(=O)N(C)C)n[nH]1. The van der Waals surface area contributed by atoms with E-state index in [0.29, 0.717) is 18.2 Å². The summed E-state index contributed by atoms with van der Waals surface area (Å²) in [6, 6.07) is -0.555. The Kier molecular flexibility index (Phi) is 6.33. The second kappa shape index (κ2) is 7.75. The fourth-order valence-corrected chi connectivity index (χ4v) is 1.97. The van der Waals surface area contributed by atoms with Gasteiger partial charge in [-0.25, -0.2) is 4.98 Å². The molecule has 0 bridgehead atoms. The van der Waals surface area contributed by atoms with Crippen molar-refractivity contribution >= 4 is 11.8 Å². The number of carbonyl (C=O) groups is 2. The molecule has 0 aliphatic rings. The quantitative estimate of drug-likeness (QED) is 0.785. The molecule has 2 N–H and O–H groups in total. The van der Waals surface area contributed by atoms with Gasteiger partial charge in [-0.2, -0.15) is 0 Å². The molecule has 1 atom stereocenters. The Morgan fingerprint density at radius 3 is 2.52 bits per heavy atom. The summed E-state index contributed by atoms with van der Waals surface area (Å²) in [6.07, 6.45) is 2.24. The maximum absolute atomic E-state index is 12.2. The molecular weight excluding hydrogens is 270 g/mol. The maximum Gasteiger partial charge on any atom is 0.291 e. The molecule has 2 amide bonds. The highest BCUT2D eigenvalue weighted by molar-refractivity contribution is 5.94. The zero-order valence-electron chi connectivity index (χ0n) is 13.4. The van der Waals surface area contributed by atoms with E-state index in [2.05, 4.69) is 20.5 Å². The van der Waals surface area contributed by atoms with E-state index in [1.54, 1.807) is 14.1 Å². The topological polar surface area (TPSA) is 91.0 Å². The van der Waals surface area contributed by atoms with E-state index < -0.39 is 11.9 Å². The van der Waals surface area contributed by atoms with Crippen molar-refractivity contribution < 1.29 is 9.59 Å². The number of aromatic amines is 1. The number of nitrogens with one attached hydrogen (secondary N) is 2. The number of likely N-dealkylation sites (N-methyl/N-ethyl adjacent to an activating group) is 1. The zero-order valence-corrected chi connectivity index (χ0v) is 13.4. The number of hydrogen-bond acceptors (Lipinski definition) is 4. The minimum Gasteiger partial charge on any atom is -0.347 e. The summed E-state index contributed by atoms with van der Waals surface area (Å²) in [6.45, 7) is 6.04. The lowest BCUT2D eigenvalue weighted by atomic mass is 10.0.